The Morgan fingerprint density at radius 1 is 1.10 bits per heavy atom. The van der Waals surface area contributed by atoms with E-state index < -0.39 is 17.5 Å². The summed E-state index contributed by atoms with van der Waals surface area (Å²) in [5.41, 5.74) is 0.924. The Morgan fingerprint density at radius 2 is 1.77 bits per heavy atom. The lowest BCUT2D eigenvalue weighted by atomic mass is 10.2. The van der Waals surface area contributed by atoms with Gasteiger partial charge < -0.3 is 14.4 Å². The molecule has 0 unspecified atom stereocenters. The molecule has 0 aliphatic heterocycles. The molecule has 158 valence electrons. The minimum Gasteiger partial charge on any atom is -0.487 e. The highest BCUT2D eigenvalue weighted by molar-refractivity contribution is 5.91. The predicted molar refractivity (Wildman–Crippen MR) is 113 cm³/mol. The van der Waals surface area contributed by atoms with E-state index >= 15 is 0 Å². The second kappa shape index (κ2) is 8.18. The number of fused-ring (bicyclic) bond motifs is 1. The molecule has 0 fully saturated rings. The third kappa shape index (κ3) is 4.62. The normalized spacial score (nSPS) is 11.4. The third-order valence-electron chi connectivity index (χ3n) is 4.53. The summed E-state index contributed by atoms with van der Waals surface area (Å²) in [5, 5.41) is 0.320. The van der Waals surface area contributed by atoms with Crippen LogP contribution < -0.4 is 9.64 Å². The van der Waals surface area contributed by atoms with Gasteiger partial charge in [0.05, 0.1) is 11.2 Å². The molecule has 0 atom stereocenters. The van der Waals surface area contributed by atoms with Gasteiger partial charge in [0.25, 0.3) is 0 Å². The summed E-state index contributed by atoms with van der Waals surface area (Å²) in [7, 11) is 1.69. The van der Waals surface area contributed by atoms with Crippen LogP contribution in [0.3, 0.4) is 0 Å². The molecule has 6 nitrogen and oxygen atoms in total. The monoisotopic (exact) mass is 412 g/mol. The summed E-state index contributed by atoms with van der Waals surface area (Å²) in [6, 6.07) is 13.1. The van der Waals surface area contributed by atoms with Gasteiger partial charge in [-0.3, -0.25) is 4.79 Å². The van der Waals surface area contributed by atoms with Crippen molar-refractivity contribution in [3.63, 3.8) is 0 Å². The van der Waals surface area contributed by atoms with E-state index in [9.17, 15) is 14.0 Å². The van der Waals surface area contributed by atoms with Gasteiger partial charge in [0.1, 0.15) is 23.8 Å². The highest BCUT2D eigenvalue weighted by Crippen LogP contribution is 2.26. The summed E-state index contributed by atoms with van der Waals surface area (Å²) in [6.45, 7) is 6.83. The number of anilines is 1. The van der Waals surface area contributed by atoms with Crippen molar-refractivity contribution >= 4 is 28.6 Å². The standard InChI is InChI=1S/C23H25FN2O4/c1-15(27)25(5)16-9-11-18(12-10-16)29-14-17-13-19-20(24)7-6-8-21(19)26(17)22(28)30-23(2,3)4/h6-13H,14H2,1-5H3. The highest BCUT2D eigenvalue weighted by Gasteiger charge is 2.23. The summed E-state index contributed by atoms with van der Waals surface area (Å²) in [5.74, 6) is 0.0532. The van der Waals surface area contributed by atoms with Crippen LogP contribution in [0, 0.1) is 5.82 Å². The van der Waals surface area contributed by atoms with Gasteiger partial charge in [-0.2, -0.15) is 0 Å². The van der Waals surface area contributed by atoms with Crippen LogP contribution in [-0.4, -0.2) is 29.2 Å². The summed E-state index contributed by atoms with van der Waals surface area (Å²) >= 11 is 0. The maximum atomic E-state index is 14.3. The molecule has 0 bridgehead atoms. The van der Waals surface area contributed by atoms with Crippen molar-refractivity contribution in [3.05, 3.63) is 60.0 Å². The number of rotatable bonds is 4. The second-order valence-electron chi connectivity index (χ2n) is 7.98. The molecule has 0 spiro atoms. The van der Waals surface area contributed by atoms with Gasteiger partial charge in [0.15, 0.2) is 0 Å². The Bertz CT molecular complexity index is 1080. The van der Waals surface area contributed by atoms with E-state index in [1.54, 1.807) is 70.3 Å². The number of nitrogens with zero attached hydrogens (tertiary/aromatic N) is 2. The van der Waals surface area contributed by atoms with Crippen LogP contribution in [0.1, 0.15) is 33.4 Å². The lowest BCUT2D eigenvalue weighted by Gasteiger charge is -2.21. The quantitative estimate of drug-likeness (QED) is 0.596. The Hall–Kier alpha value is -3.35. The van der Waals surface area contributed by atoms with Crippen LogP contribution in [0.25, 0.3) is 10.9 Å². The van der Waals surface area contributed by atoms with E-state index in [1.807, 2.05) is 0 Å². The Balaban J connectivity index is 1.88. The molecule has 30 heavy (non-hydrogen) atoms. The van der Waals surface area contributed by atoms with Crippen molar-refractivity contribution in [2.45, 2.75) is 39.9 Å². The summed E-state index contributed by atoms with van der Waals surface area (Å²) < 4.78 is 26.9. The molecule has 1 heterocycles. The molecule has 1 amide bonds. The second-order valence-corrected chi connectivity index (χ2v) is 7.98. The molecule has 3 aromatic rings. The molecule has 0 radical (unpaired) electrons. The SMILES string of the molecule is CC(=O)N(C)c1ccc(OCc2cc3c(F)cccc3n2C(=O)OC(C)(C)C)cc1. The van der Waals surface area contributed by atoms with E-state index in [1.165, 1.54) is 22.5 Å². The fraction of sp³-hybridized carbons (Fsp3) is 0.304. The first-order chi connectivity index (χ1) is 14.1. The number of ether oxygens (including phenoxy) is 2. The first-order valence-corrected chi connectivity index (χ1v) is 9.56. The topological polar surface area (TPSA) is 60.8 Å². The minimum absolute atomic E-state index is 0.0370. The molecule has 0 saturated carbocycles. The molecule has 1 aromatic heterocycles. The molecule has 0 saturated heterocycles. The zero-order valence-electron chi connectivity index (χ0n) is 17.7. The zero-order valence-corrected chi connectivity index (χ0v) is 17.7. The minimum atomic E-state index is -0.697. The number of amides is 1. The third-order valence-corrected chi connectivity index (χ3v) is 4.53. The molecular formula is C23H25FN2O4. The molecule has 0 aliphatic rings. The van der Waals surface area contributed by atoms with Crippen LogP contribution in [0.4, 0.5) is 14.9 Å². The number of halogens is 1. The van der Waals surface area contributed by atoms with E-state index in [0.29, 0.717) is 22.3 Å². The van der Waals surface area contributed by atoms with Crippen molar-refractivity contribution in [2.75, 3.05) is 11.9 Å². The average molecular weight is 412 g/mol. The fourth-order valence-electron chi connectivity index (χ4n) is 2.98. The van der Waals surface area contributed by atoms with E-state index in [2.05, 4.69) is 0 Å². The lowest BCUT2D eigenvalue weighted by molar-refractivity contribution is -0.116. The molecule has 2 aromatic carbocycles. The Morgan fingerprint density at radius 3 is 2.37 bits per heavy atom. The van der Waals surface area contributed by atoms with Crippen molar-refractivity contribution in [2.24, 2.45) is 0 Å². The number of hydrogen-bond acceptors (Lipinski definition) is 4. The smallest absolute Gasteiger partial charge is 0.419 e. The van der Waals surface area contributed by atoms with Crippen LogP contribution in [0.15, 0.2) is 48.5 Å². The number of carbonyl (C=O) groups is 2. The maximum Gasteiger partial charge on any atom is 0.419 e. The van der Waals surface area contributed by atoms with Gasteiger partial charge in [0.2, 0.25) is 5.91 Å². The largest absolute Gasteiger partial charge is 0.487 e. The predicted octanol–water partition coefficient (Wildman–Crippen LogP) is 5.13. The first kappa shape index (κ1) is 21.4. The van der Waals surface area contributed by atoms with Gasteiger partial charge in [-0.1, -0.05) is 6.07 Å². The first-order valence-electron chi connectivity index (χ1n) is 9.56. The highest BCUT2D eigenvalue weighted by atomic mass is 19.1. The summed E-state index contributed by atoms with van der Waals surface area (Å²) in [6.07, 6.45) is -0.597. The van der Waals surface area contributed by atoms with Crippen molar-refractivity contribution in [3.8, 4) is 5.75 Å². The average Bonchev–Trinajstić information content (AvgIpc) is 3.05. The van der Waals surface area contributed by atoms with Gasteiger partial charge in [-0.05, 0) is 63.2 Å². The molecule has 7 heteroatoms. The fourth-order valence-corrected chi connectivity index (χ4v) is 2.98. The van der Waals surface area contributed by atoms with E-state index in [0.717, 1.165) is 5.69 Å². The van der Waals surface area contributed by atoms with Crippen molar-refractivity contribution in [1.82, 2.24) is 4.57 Å². The van der Waals surface area contributed by atoms with E-state index in [-0.39, 0.29) is 12.5 Å². The van der Waals surface area contributed by atoms with Gasteiger partial charge in [0, 0.05) is 25.0 Å². The number of carbonyl (C=O) groups excluding carboxylic acids is 2. The number of aromatic nitrogens is 1. The Kier molecular flexibility index (Phi) is 5.82. The van der Waals surface area contributed by atoms with Crippen LogP contribution in [0.2, 0.25) is 0 Å². The zero-order chi connectivity index (χ0) is 22.1. The van der Waals surface area contributed by atoms with Crippen molar-refractivity contribution < 1.29 is 23.5 Å². The maximum absolute atomic E-state index is 14.3. The van der Waals surface area contributed by atoms with E-state index in [4.69, 9.17) is 9.47 Å². The number of hydrogen-bond donors (Lipinski definition) is 0. The summed E-state index contributed by atoms with van der Waals surface area (Å²) in [4.78, 5) is 25.8. The van der Waals surface area contributed by atoms with Crippen molar-refractivity contribution in [1.29, 1.82) is 0 Å². The molecule has 0 N–H and O–H groups in total. The lowest BCUT2D eigenvalue weighted by Crippen LogP contribution is -2.28. The van der Waals surface area contributed by atoms with Crippen LogP contribution in [-0.2, 0) is 16.1 Å². The van der Waals surface area contributed by atoms with Crippen LogP contribution >= 0.6 is 0 Å². The molecule has 3 rings (SSSR count). The Labute approximate surface area is 174 Å². The number of benzene rings is 2. The van der Waals surface area contributed by atoms with Gasteiger partial charge in [-0.15, -0.1) is 0 Å². The van der Waals surface area contributed by atoms with Gasteiger partial charge in [-0.25, -0.2) is 13.8 Å². The molecule has 0 aliphatic carbocycles. The molecular weight excluding hydrogens is 387 g/mol. The van der Waals surface area contributed by atoms with Crippen LogP contribution in [0.5, 0.6) is 5.75 Å². The van der Waals surface area contributed by atoms with Gasteiger partial charge >= 0.3 is 6.09 Å².